The molecule has 2 rings (SSSR count). The molecule has 1 aliphatic heterocycles. The second kappa shape index (κ2) is 4.33. The number of nitrogens with two attached hydrogens (primary N) is 1. The fourth-order valence-corrected chi connectivity index (χ4v) is 1.70. The quantitative estimate of drug-likeness (QED) is 0.696. The number of hydrogen-bond donors (Lipinski definition) is 2. The summed E-state index contributed by atoms with van der Waals surface area (Å²) in [4.78, 5) is 0. The summed E-state index contributed by atoms with van der Waals surface area (Å²) >= 11 is 0. The van der Waals surface area contributed by atoms with Crippen molar-refractivity contribution in [2.45, 2.75) is 18.9 Å². The Balaban J connectivity index is 1.95. The van der Waals surface area contributed by atoms with Crippen molar-refractivity contribution in [3.8, 4) is 5.75 Å². The normalized spacial score (nSPS) is 21.9. The van der Waals surface area contributed by atoms with Crippen molar-refractivity contribution in [3.05, 3.63) is 24.3 Å². The van der Waals surface area contributed by atoms with Gasteiger partial charge in [0.15, 0.2) is 0 Å². The van der Waals surface area contributed by atoms with E-state index in [4.69, 9.17) is 10.5 Å². The second-order valence-corrected chi connectivity index (χ2v) is 3.66. The summed E-state index contributed by atoms with van der Waals surface area (Å²) in [5, 5.41) is 3.31. The zero-order valence-corrected chi connectivity index (χ0v) is 8.20. The minimum atomic E-state index is 0.297. The molecule has 1 aliphatic rings. The molecule has 0 aromatic heterocycles. The third-order valence-electron chi connectivity index (χ3n) is 2.41. The number of benzene rings is 1. The molecular formula is C11H16N2O. The van der Waals surface area contributed by atoms with Crippen LogP contribution >= 0.6 is 0 Å². The van der Waals surface area contributed by atoms with Gasteiger partial charge in [-0.15, -0.1) is 0 Å². The van der Waals surface area contributed by atoms with Gasteiger partial charge in [0, 0.05) is 18.3 Å². The lowest BCUT2D eigenvalue weighted by molar-refractivity contribution is 0.167. The first kappa shape index (κ1) is 9.34. The molecule has 1 saturated heterocycles. The average molecular weight is 192 g/mol. The number of nitrogen functional groups attached to an aromatic ring is 1. The van der Waals surface area contributed by atoms with Crippen LogP contribution in [0.5, 0.6) is 5.75 Å². The highest BCUT2D eigenvalue weighted by Crippen LogP contribution is 2.18. The number of ether oxygens (including phenoxy) is 1. The van der Waals surface area contributed by atoms with Crippen molar-refractivity contribution in [3.63, 3.8) is 0 Å². The highest BCUT2D eigenvalue weighted by atomic mass is 16.5. The summed E-state index contributed by atoms with van der Waals surface area (Å²) in [5.41, 5.74) is 6.42. The molecule has 1 aromatic carbocycles. The van der Waals surface area contributed by atoms with E-state index in [2.05, 4.69) is 5.32 Å². The van der Waals surface area contributed by atoms with E-state index in [0.717, 1.165) is 30.9 Å². The molecule has 3 N–H and O–H groups in total. The standard InChI is InChI=1S/C11H16N2O/c12-9-3-1-4-10(7-9)14-11-5-2-6-13-8-11/h1,3-4,7,11,13H,2,5-6,8,12H2/t11-/m1/s1. The molecule has 1 fully saturated rings. The van der Waals surface area contributed by atoms with Crippen LogP contribution in [0.2, 0.25) is 0 Å². The Morgan fingerprint density at radius 1 is 1.43 bits per heavy atom. The monoisotopic (exact) mass is 192 g/mol. The summed E-state index contributed by atoms with van der Waals surface area (Å²) in [5.74, 6) is 0.874. The van der Waals surface area contributed by atoms with Gasteiger partial charge in [0.25, 0.3) is 0 Å². The van der Waals surface area contributed by atoms with E-state index in [-0.39, 0.29) is 0 Å². The Morgan fingerprint density at radius 2 is 2.36 bits per heavy atom. The van der Waals surface area contributed by atoms with Gasteiger partial charge in [-0.25, -0.2) is 0 Å². The van der Waals surface area contributed by atoms with Gasteiger partial charge in [-0.1, -0.05) is 6.07 Å². The molecule has 0 spiro atoms. The van der Waals surface area contributed by atoms with Crippen LogP contribution in [-0.2, 0) is 0 Å². The van der Waals surface area contributed by atoms with Gasteiger partial charge in [-0.3, -0.25) is 0 Å². The average Bonchev–Trinajstić information content (AvgIpc) is 2.19. The van der Waals surface area contributed by atoms with Gasteiger partial charge in [-0.05, 0) is 31.5 Å². The molecule has 3 heteroatoms. The third-order valence-corrected chi connectivity index (χ3v) is 2.41. The van der Waals surface area contributed by atoms with E-state index in [1.54, 1.807) is 0 Å². The summed E-state index contributed by atoms with van der Waals surface area (Å²) in [6.45, 7) is 2.05. The first-order valence-electron chi connectivity index (χ1n) is 5.07. The first-order valence-corrected chi connectivity index (χ1v) is 5.07. The highest BCUT2D eigenvalue weighted by molar-refractivity contribution is 5.43. The van der Waals surface area contributed by atoms with Crippen molar-refractivity contribution in [1.82, 2.24) is 5.32 Å². The number of hydrogen-bond acceptors (Lipinski definition) is 3. The van der Waals surface area contributed by atoms with E-state index >= 15 is 0 Å². The van der Waals surface area contributed by atoms with Crippen molar-refractivity contribution < 1.29 is 4.74 Å². The van der Waals surface area contributed by atoms with Crippen LogP contribution in [0.3, 0.4) is 0 Å². The summed E-state index contributed by atoms with van der Waals surface area (Å²) < 4.78 is 5.79. The molecule has 0 radical (unpaired) electrons. The van der Waals surface area contributed by atoms with Crippen LogP contribution in [0.1, 0.15) is 12.8 Å². The van der Waals surface area contributed by atoms with Gasteiger partial charge in [-0.2, -0.15) is 0 Å². The number of anilines is 1. The van der Waals surface area contributed by atoms with Crippen LogP contribution in [-0.4, -0.2) is 19.2 Å². The lowest BCUT2D eigenvalue weighted by Crippen LogP contribution is -2.37. The third kappa shape index (κ3) is 2.39. The Hall–Kier alpha value is -1.22. The smallest absolute Gasteiger partial charge is 0.121 e. The zero-order valence-electron chi connectivity index (χ0n) is 8.20. The van der Waals surface area contributed by atoms with Crippen LogP contribution < -0.4 is 15.8 Å². The molecule has 1 atom stereocenters. The van der Waals surface area contributed by atoms with Gasteiger partial charge in [0.1, 0.15) is 11.9 Å². The molecule has 1 aromatic rings. The Morgan fingerprint density at radius 3 is 3.07 bits per heavy atom. The molecule has 0 amide bonds. The molecule has 76 valence electrons. The minimum absolute atomic E-state index is 0.297. The SMILES string of the molecule is Nc1cccc(O[C@@H]2CCCNC2)c1. The number of nitrogens with one attached hydrogen (secondary N) is 1. The van der Waals surface area contributed by atoms with E-state index in [9.17, 15) is 0 Å². The van der Waals surface area contributed by atoms with Gasteiger partial charge in [0.05, 0.1) is 0 Å². The minimum Gasteiger partial charge on any atom is -0.489 e. The van der Waals surface area contributed by atoms with Crippen LogP contribution in [0.4, 0.5) is 5.69 Å². The molecule has 14 heavy (non-hydrogen) atoms. The van der Waals surface area contributed by atoms with E-state index < -0.39 is 0 Å². The van der Waals surface area contributed by atoms with E-state index in [0.29, 0.717) is 6.10 Å². The number of piperidine rings is 1. The summed E-state index contributed by atoms with van der Waals surface area (Å²) in [6.07, 6.45) is 2.61. The van der Waals surface area contributed by atoms with Gasteiger partial charge in [0.2, 0.25) is 0 Å². The van der Waals surface area contributed by atoms with Crippen molar-refractivity contribution in [2.24, 2.45) is 0 Å². The molecule has 0 unspecified atom stereocenters. The molecule has 0 saturated carbocycles. The predicted molar refractivity (Wildman–Crippen MR) is 57.4 cm³/mol. The molecule has 1 heterocycles. The fraction of sp³-hybridized carbons (Fsp3) is 0.455. The first-order chi connectivity index (χ1) is 6.84. The summed E-state index contributed by atoms with van der Waals surface area (Å²) in [6, 6.07) is 7.60. The van der Waals surface area contributed by atoms with Crippen LogP contribution in [0, 0.1) is 0 Å². The van der Waals surface area contributed by atoms with E-state index in [1.165, 1.54) is 6.42 Å². The van der Waals surface area contributed by atoms with Gasteiger partial charge < -0.3 is 15.8 Å². The van der Waals surface area contributed by atoms with Crippen molar-refractivity contribution >= 4 is 5.69 Å². The second-order valence-electron chi connectivity index (χ2n) is 3.66. The molecular weight excluding hydrogens is 176 g/mol. The number of rotatable bonds is 2. The fourth-order valence-electron chi connectivity index (χ4n) is 1.70. The Bertz CT molecular complexity index is 295. The maximum absolute atomic E-state index is 5.79. The topological polar surface area (TPSA) is 47.3 Å². The van der Waals surface area contributed by atoms with Crippen LogP contribution in [0.15, 0.2) is 24.3 Å². The molecule has 0 bridgehead atoms. The Kier molecular flexibility index (Phi) is 2.89. The largest absolute Gasteiger partial charge is 0.489 e. The maximum Gasteiger partial charge on any atom is 0.121 e. The molecule has 3 nitrogen and oxygen atoms in total. The van der Waals surface area contributed by atoms with Crippen molar-refractivity contribution in [1.29, 1.82) is 0 Å². The van der Waals surface area contributed by atoms with Crippen LogP contribution in [0.25, 0.3) is 0 Å². The zero-order chi connectivity index (χ0) is 9.80. The molecule has 0 aliphatic carbocycles. The lowest BCUT2D eigenvalue weighted by atomic mass is 10.1. The lowest BCUT2D eigenvalue weighted by Gasteiger charge is -2.23. The Labute approximate surface area is 84.3 Å². The van der Waals surface area contributed by atoms with Gasteiger partial charge >= 0.3 is 0 Å². The summed E-state index contributed by atoms with van der Waals surface area (Å²) in [7, 11) is 0. The van der Waals surface area contributed by atoms with Crippen molar-refractivity contribution in [2.75, 3.05) is 18.8 Å². The maximum atomic E-state index is 5.79. The van der Waals surface area contributed by atoms with E-state index in [1.807, 2.05) is 24.3 Å². The highest BCUT2D eigenvalue weighted by Gasteiger charge is 2.13. The predicted octanol–water partition coefficient (Wildman–Crippen LogP) is 1.40.